The molecule has 27 heavy (non-hydrogen) atoms. The van der Waals surface area contributed by atoms with Gasteiger partial charge in [0.05, 0.1) is 18.9 Å². The summed E-state index contributed by atoms with van der Waals surface area (Å²) in [5.41, 5.74) is 3.01. The highest BCUT2D eigenvalue weighted by molar-refractivity contribution is 5.38. The van der Waals surface area contributed by atoms with E-state index in [2.05, 4.69) is 29.2 Å². The van der Waals surface area contributed by atoms with Gasteiger partial charge in [0.1, 0.15) is 11.5 Å². The van der Waals surface area contributed by atoms with Crippen molar-refractivity contribution in [3.63, 3.8) is 0 Å². The topological polar surface area (TPSA) is 42.3 Å². The van der Waals surface area contributed by atoms with Gasteiger partial charge in [0.15, 0.2) is 5.82 Å². The summed E-state index contributed by atoms with van der Waals surface area (Å²) in [7, 11) is 0. The first-order valence-corrected chi connectivity index (χ1v) is 9.33. The Labute approximate surface area is 159 Å². The van der Waals surface area contributed by atoms with Crippen molar-refractivity contribution in [1.29, 1.82) is 0 Å². The normalized spacial score (nSPS) is 16.1. The lowest BCUT2D eigenvalue weighted by atomic mass is 10.0. The van der Waals surface area contributed by atoms with Gasteiger partial charge in [0.2, 0.25) is 0 Å². The number of nitrogens with zero attached hydrogens (tertiary/aromatic N) is 3. The predicted octanol–water partition coefficient (Wildman–Crippen LogP) is 2.97. The highest BCUT2D eigenvalue weighted by Gasteiger charge is 2.28. The fourth-order valence-corrected chi connectivity index (χ4v) is 3.59. The van der Waals surface area contributed by atoms with Gasteiger partial charge in [-0.2, -0.15) is 5.10 Å². The van der Waals surface area contributed by atoms with E-state index in [-0.39, 0.29) is 11.2 Å². The summed E-state index contributed by atoms with van der Waals surface area (Å²) in [5.74, 6) is -1.21. The van der Waals surface area contributed by atoms with Crippen LogP contribution >= 0.6 is 0 Å². The van der Waals surface area contributed by atoms with Crippen molar-refractivity contribution in [1.82, 2.24) is 20.0 Å². The zero-order chi connectivity index (χ0) is 19.6. The summed E-state index contributed by atoms with van der Waals surface area (Å²) >= 11 is 0. The second kappa shape index (κ2) is 8.04. The first-order chi connectivity index (χ1) is 12.8. The van der Waals surface area contributed by atoms with Crippen molar-refractivity contribution in [2.24, 2.45) is 0 Å². The van der Waals surface area contributed by atoms with Crippen molar-refractivity contribution < 1.29 is 13.5 Å². The second-order valence-electron chi connectivity index (χ2n) is 7.67. The van der Waals surface area contributed by atoms with Crippen LogP contribution in [0.25, 0.3) is 5.69 Å². The monoisotopic (exact) mass is 378 g/mol. The third-order valence-corrected chi connectivity index (χ3v) is 5.31. The standard InChI is InChI=1S/C20H28F2N4O/c1-14-17(12-23-13-20(3,4)25-7-9-27-10-8-25)15(2)26(24-14)19-6-5-16(21)11-18(19)22/h5-6,11,23H,7-10,12-13H2,1-4H3. The minimum Gasteiger partial charge on any atom is -0.379 e. The van der Waals surface area contributed by atoms with E-state index in [0.29, 0.717) is 6.54 Å². The van der Waals surface area contributed by atoms with Gasteiger partial charge in [0.25, 0.3) is 0 Å². The van der Waals surface area contributed by atoms with Gasteiger partial charge in [-0.05, 0) is 39.8 Å². The van der Waals surface area contributed by atoms with E-state index in [1.165, 1.54) is 12.1 Å². The molecule has 0 saturated carbocycles. The van der Waals surface area contributed by atoms with Gasteiger partial charge in [-0.25, -0.2) is 13.5 Å². The van der Waals surface area contributed by atoms with Crippen LogP contribution in [0.2, 0.25) is 0 Å². The highest BCUT2D eigenvalue weighted by Crippen LogP contribution is 2.21. The Balaban J connectivity index is 1.70. The Morgan fingerprint density at radius 2 is 1.89 bits per heavy atom. The molecule has 1 aromatic carbocycles. The van der Waals surface area contributed by atoms with Crippen LogP contribution in [0.3, 0.4) is 0 Å². The molecule has 1 aromatic heterocycles. The summed E-state index contributed by atoms with van der Waals surface area (Å²) in [6.45, 7) is 13.2. The molecule has 1 aliphatic heterocycles. The average Bonchev–Trinajstić information content (AvgIpc) is 2.90. The molecule has 0 amide bonds. The molecular weight excluding hydrogens is 350 g/mol. The number of aromatic nitrogens is 2. The lowest BCUT2D eigenvalue weighted by Gasteiger charge is -2.41. The number of hydrogen-bond donors (Lipinski definition) is 1. The molecule has 0 radical (unpaired) electrons. The van der Waals surface area contributed by atoms with Crippen LogP contribution in [0.5, 0.6) is 0 Å². The Bertz CT molecular complexity index is 798. The van der Waals surface area contributed by atoms with E-state index in [1.54, 1.807) is 4.68 Å². The minimum atomic E-state index is -0.617. The molecule has 5 nitrogen and oxygen atoms in total. The van der Waals surface area contributed by atoms with Crippen LogP contribution in [0, 0.1) is 25.5 Å². The number of halogens is 2. The van der Waals surface area contributed by atoms with E-state index >= 15 is 0 Å². The molecule has 0 spiro atoms. The molecule has 2 heterocycles. The SMILES string of the molecule is Cc1nn(-c2ccc(F)cc2F)c(C)c1CNCC(C)(C)N1CCOCC1. The van der Waals surface area contributed by atoms with Crippen molar-refractivity contribution in [3.05, 3.63) is 46.8 Å². The number of nitrogens with one attached hydrogen (secondary N) is 1. The summed E-state index contributed by atoms with van der Waals surface area (Å²) in [6, 6.07) is 3.55. The first kappa shape index (κ1) is 19.9. The van der Waals surface area contributed by atoms with Gasteiger partial charge < -0.3 is 10.1 Å². The molecule has 1 fully saturated rings. The van der Waals surface area contributed by atoms with Crippen LogP contribution in [0.1, 0.15) is 30.8 Å². The molecule has 0 unspecified atom stereocenters. The molecule has 7 heteroatoms. The summed E-state index contributed by atoms with van der Waals surface area (Å²) in [4.78, 5) is 2.43. The molecular formula is C20H28F2N4O. The quantitative estimate of drug-likeness (QED) is 0.839. The molecule has 148 valence electrons. The Hall–Kier alpha value is -1.83. The molecule has 0 bridgehead atoms. The minimum absolute atomic E-state index is 0.0185. The molecule has 1 N–H and O–H groups in total. The Morgan fingerprint density at radius 3 is 2.56 bits per heavy atom. The average molecular weight is 378 g/mol. The zero-order valence-electron chi connectivity index (χ0n) is 16.5. The van der Waals surface area contributed by atoms with E-state index < -0.39 is 11.6 Å². The summed E-state index contributed by atoms with van der Waals surface area (Å²) in [6.07, 6.45) is 0. The number of ether oxygens (including phenoxy) is 1. The van der Waals surface area contributed by atoms with Crippen LogP contribution in [-0.2, 0) is 11.3 Å². The largest absolute Gasteiger partial charge is 0.379 e. The number of benzene rings is 1. The molecule has 3 rings (SSSR count). The maximum Gasteiger partial charge on any atom is 0.151 e. The van der Waals surface area contributed by atoms with Crippen molar-refractivity contribution >= 4 is 0 Å². The fraction of sp³-hybridized carbons (Fsp3) is 0.550. The fourth-order valence-electron chi connectivity index (χ4n) is 3.59. The number of rotatable bonds is 6. The molecule has 1 aliphatic rings. The van der Waals surface area contributed by atoms with E-state index in [0.717, 1.165) is 55.9 Å². The number of aryl methyl sites for hydroxylation is 1. The van der Waals surface area contributed by atoms with Crippen LogP contribution in [0.15, 0.2) is 18.2 Å². The molecule has 0 aliphatic carbocycles. The lowest BCUT2D eigenvalue weighted by molar-refractivity contribution is -0.00967. The van der Waals surface area contributed by atoms with Crippen LogP contribution in [-0.4, -0.2) is 53.1 Å². The lowest BCUT2D eigenvalue weighted by Crippen LogP contribution is -2.54. The maximum atomic E-state index is 14.1. The molecule has 1 saturated heterocycles. The molecule has 2 aromatic rings. The smallest absolute Gasteiger partial charge is 0.151 e. The van der Waals surface area contributed by atoms with E-state index in [1.807, 2.05) is 13.8 Å². The number of hydrogen-bond acceptors (Lipinski definition) is 4. The van der Waals surface area contributed by atoms with Crippen LogP contribution < -0.4 is 5.32 Å². The number of morpholine rings is 1. The van der Waals surface area contributed by atoms with Gasteiger partial charge in [0, 0.05) is 49.0 Å². The van der Waals surface area contributed by atoms with Gasteiger partial charge >= 0.3 is 0 Å². The second-order valence-corrected chi connectivity index (χ2v) is 7.67. The Kier molecular flexibility index (Phi) is 5.93. The molecule has 0 atom stereocenters. The summed E-state index contributed by atoms with van der Waals surface area (Å²) < 4.78 is 34.3. The van der Waals surface area contributed by atoms with E-state index in [4.69, 9.17) is 4.74 Å². The predicted molar refractivity (Wildman–Crippen MR) is 101 cm³/mol. The zero-order valence-corrected chi connectivity index (χ0v) is 16.5. The van der Waals surface area contributed by atoms with Gasteiger partial charge in [-0.3, -0.25) is 4.90 Å². The van der Waals surface area contributed by atoms with Crippen molar-refractivity contribution in [2.75, 3.05) is 32.8 Å². The van der Waals surface area contributed by atoms with Gasteiger partial charge in [-0.1, -0.05) is 0 Å². The van der Waals surface area contributed by atoms with Gasteiger partial charge in [-0.15, -0.1) is 0 Å². The van der Waals surface area contributed by atoms with Crippen LogP contribution in [0.4, 0.5) is 8.78 Å². The Morgan fingerprint density at radius 1 is 1.19 bits per heavy atom. The highest BCUT2D eigenvalue weighted by atomic mass is 19.1. The van der Waals surface area contributed by atoms with Crippen molar-refractivity contribution in [2.45, 2.75) is 39.8 Å². The van der Waals surface area contributed by atoms with Crippen molar-refractivity contribution in [3.8, 4) is 5.69 Å². The third-order valence-electron chi connectivity index (χ3n) is 5.31. The summed E-state index contributed by atoms with van der Waals surface area (Å²) in [5, 5.41) is 7.98. The maximum absolute atomic E-state index is 14.1. The van der Waals surface area contributed by atoms with E-state index in [9.17, 15) is 8.78 Å². The first-order valence-electron chi connectivity index (χ1n) is 9.33. The third kappa shape index (κ3) is 4.36.